The van der Waals surface area contributed by atoms with E-state index < -0.39 is 5.60 Å². The summed E-state index contributed by atoms with van der Waals surface area (Å²) in [5, 5.41) is 7.71. The van der Waals surface area contributed by atoms with Gasteiger partial charge in [0.05, 0.1) is 16.4 Å². The van der Waals surface area contributed by atoms with Crippen molar-refractivity contribution in [3.05, 3.63) is 64.8 Å². The van der Waals surface area contributed by atoms with Gasteiger partial charge >= 0.3 is 6.09 Å². The molecular weight excluding hydrogens is 458 g/mol. The minimum atomic E-state index is -0.494. The van der Waals surface area contributed by atoms with Crippen LogP contribution < -0.4 is 5.32 Å². The van der Waals surface area contributed by atoms with Crippen molar-refractivity contribution in [2.45, 2.75) is 39.7 Å². The van der Waals surface area contributed by atoms with Crippen molar-refractivity contribution in [1.82, 2.24) is 19.9 Å². The first kappa shape index (κ1) is 23.1. The summed E-state index contributed by atoms with van der Waals surface area (Å²) >= 11 is 1.65. The molecule has 0 spiro atoms. The van der Waals surface area contributed by atoms with Gasteiger partial charge in [0.25, 0.3) is 0 Å². The molecule has 0 radical (unpaired) electrons. The van der Waals surface area contributed by atoms with Gasteiger partial charge in [-0.25, -0.2) is 14.8 Å². The van der Waals surface area contributed by atoms with E-state index in [9.17, 15) is 4.79 Å². The van der Waals surface area contributed by atoms with Gasteiger partial charge in [0.15, 0.2) is 0 Å². The fourth-order valence-electron chi connectivity index (χ4n) is 4.12. The number of ether oxygens (including phenoxy) is 1. The molecule has 3 aromatic heterocycles. The van der Waals surface area contributed by atoms with E-state index in [0.717, 1.165) is 50.8 Å². The van der Waals surface area contributed by atoms with Crippen molar-refractivity contribution in [3.63, 3.8) is 0 Å². The number of fused-ring (bicyclic) bond motifs is 1. The minimum Gasteiger partial charge on any atom is -0.444 e. The van der Waals surface area contributed by atoms with E-state index in [-0.39, 0.29) is 6.09 Å². The zero-order valence-electron chi connectivity index (χ0n) is 20.4. The Labute approximate surface area is 208 Å². The van der Waals surface area contributed by atoms with Gasteiger partial charge in [0.1, 0.15) is 11.2 Å². The molecule has 0 atom stereocenters. The quantitative estimate of drug-likeness (QED) is 0.332. The number of nitrogens with zero attached hydrogens (tertiary/aromatic N) is 3. The first-order valence-electron chi connectivity index (χ1n) is 11.7. The van der Waals surface area contributed by atoms with Crippen LogP contribution in [0.2, 0.25) is 0 Å². The van der Waals surface area contributed by atoms with E-state index >= 15 is 0 Å². The van der Waals surface area contributed by atoms with Crippen LogP contribution in [0.1, 0.15) is 37.9 Å². The molecule has 1 amide bonds. The minimum absolute atomic E-state index is 0.271. The van der Waals surface area contributed by atoms with Crippen LogP contribution in [-0.2, 0) is 4.74 Å². The molecule has 180 valence electrons. The summed E-state index contributed by atoms with van der Waals surface area (Å²) in [6.45, 7) is 8.82. The second kappa shape index (κ2) is 9.19. The van der Waals surface area contributed by atoms with Gasteiger partial charge in [0, 0.05) is 47.0 Å². The SMILES string of the molecule is Cc1nc(-c2cccc(Nc3ccnc4[nH]c(C5=CCN(C(=O)OC(C)(C)C)CC5)cc34)c2)cs1. The number of hydrogen-bond donors (Lipinski definition) is 2. The lowest BCUT2D eigenvalue weighted by atomic mass is 10.0. The number of aryl methyl sites for hydroxylation is 1. The topological polar surface area (TPSA) is 83.1 Å². The number of H-pyrrole nitrogens is 1. The highest BCUT2D eigenvalue weighted by atomic mass is 32.1. The van der Waals surface area contributed by atoms with Crippen molar-refractivity contribution in [2.75, 3.05) is 18.4 Å². The van der Waals surface area contributed by atoms with E-state index in [1.54, 1.807) is 22.4 Å². The van der Waals surface area contributed by atoms with Gasteiger partial charge < -0.3 is 19.9 Å². The van der Waals surface area contributed by atoms with Crippen LogP contribution in [-0.4, -0.2) is 44.6 Å². The monoisotopic (exact) mass is 487 g/mol. The van der Waals surface area contributed by atoms with Gasteiger partial charge in [-0.1, -0.05) is 18.2 Å². The molecule has 2 N–H and O–H groups in total. The Hall–Kier alpha value is -3.65. The predicted octanol–water partition coefficient (Wildman–Crippen LogP) is 6.76. The molecule has 4 aromatic rings. The Morgan fingerprint density at radius 1 is 1.23 bits per heavy atom. The summed E-state index contributed by atoms with van der Waals surface area (Å²) in [6, 6.07) is 12.4. The molecule has 1 aliphatic heterocycles. The molecule has 1 aromatic carbocycles. The average molecular weight is 488 g/mol. The Balaban J connectivity index is 1.36. The van der Waals surface area contributed by atoms with Crippen molar-refractivity contribution >= 4 is 45.4 Å². The van der Waals surface area contributed by atoms with Crippen molar-refractivity contribution in [2.24, 2.45) is 0 Å². The molecule has 7 nitrogen and oxygen atoms in total. The average Bonchev–Trinajstić information content (AvgIpc) is 3.45. The second-order valence-corrected chi connectivity index (χ2v) is 10.7. The van der Waals surface area contributed by atoms with Crippen LogP contribution in [0.3, 0.4) is 0 Å². The Morgan fingerprint density at radius 2 is 2.09 bits per heavy atom. The maximum Gasteiger partial charge on any atom is 0.410 e. The third kappa shape index (κ3) is 5.22. The van der Waals surface area contributed by atoms with Crippen LogP contribution in [0.25, 0.3) is 27.9 Å². The van der Waals surface area contributed by atoms with Crippen molar-refractivity contribution < 1.29 is 9.53 Å². The number of carbonyl (C=O) groups is 1. The normalized spacial score (nSPS) is 14.2. The first-order chi connectivity index (χ1) is 16.7. The summed E-state index contributed by atoms with van der Waals surface area (Å²) in [7, 11) is 0. The van der Waals surface area contributed by atoms with E-state index in [1.165, 1.54) is 5.57 Å². The summed E-state index contributed by atoms with van der Waals surface area (Å²) < 4.78 is 5.50. The number of thiazole rings is 1. The number of rotatable bonds is 4. The van der Waals surface area contributed by atoms with E-state index in [1.807, 2.05) is 39.8 Å². The summed E-state index contributed by atoms with van der Waals surface area (Å²) in [5.41, 5.74) is 6.58. The number of aromatic nitrogens is 3. The van der Waals surface area contributed by atoms with Crippen molar-refractivity contribution in [1.29, 1.82) is 0 Å². The molecular formula is C27H29N5O2S. The molecule has 0 aliphatic carbocycles. The number of aromatic amines is 1. The number of pyridine rings is 1. The molecule has 0 fully saturated rings. The molecule has 8 heteroatoms. The van der Waals surface area contributed by atoms with Gasteiger partial charge in [-0.2, -0.15) is 0 Å². The Kier molecular flexibility index (Phi) is 6.06. The third-order valence-electron chi connectivity index (χ3n) is 5.80. The maximum absolute atomic E-state index is 12.4. The summed E-state index contributed by atoms with van der Waals surface area (Å²) in [4.78, 5) is 26.7. The Bertz CT molecular complexity index is 1410. The number of amides is 1. The lowest BCUT2D eigenvalue weighted by molar-refractivity contribution is 0.0270. The van der Waals surface area contributed by atoms with E-state index in [2.05, 4.69) is 56.0 Å². The van der Waals surface area contributed by atoms with E-state index in [0.29, 0.717) is 13.1 Å². The predicted molar refractivity (Wildman–Crippen MR) is 142 cm³/mol. The zero-order chi connectivity index (χ0) is 24.6. The smallest absolute Gasteiger partial charge is 0.410 e. The molecule has 4 heterocycles. The lowest BCUT2D eigenvalue weighted by Crippen LogP contribution is -2.39. The number of carbonyl (C=O) groups excluding carboxylic acids is 1. The van der Waals surface area contributed by atoms with Crippen LogP contribution >= 0.6 is 11.3 Å². The van der Waals surface area contributed by atoms with Gasteiger partial charge in [-0.05, 0) is 64.0 Å². The third-order valence-corrected chi connectivity index (χ3v) is 6.57. The fraction of sp³-hybridized carbons (Fsp3) is 0.296. The van der Waals surface area contributed by atoms with Crippen LogP contribution in [0.4, 0.5) is 16.2 Å². The zero-order valence-corrected chi connectivity index (χ0v) is 21.2. The van der Waals surface area contributed by atoms with Gasteiger partial charge in [-0.15, -0.1) is 11.3 Å². The largest absolute Gasteiger partial charge is 0.444 e. The first-order valence-corrected chi connectivity index (χ1v) is 12.6. The standard InChI is InChI=1S/C27H29N5O2S/c1-17-29-24(16-35-17)19-6-5-7-20(14-19)30-22-8-11-28-25-21(22)15-23(31-25)18-9-12-32(13-10-18)26(33)34-27(2,3)4/h5-9,11,14-16H,10,12-13H2,1-4H3,(H2,28,30,31). The maximum atomic E-state index is 12.4. The highest BCUT2D eigenvalue weighted by Crippen LogP contribution is 2.32. The molecule has 0 unspecified atom stereocenters. The fourth-order valence-corrected chi connectivity index (χ4v) is 4.74. The molecule has 0 saturated heterocycles. The molecule has 0 saturated carbocycles. The van der Waals surface area contributed by atoms with Crippen LogP contribution in [0.15, 0.2) is 54.1 Å². The highest BCUT2D eigenvalue weighted by molar-refractivity contribution is 7.09. The summed E-state index contributed by atoms with van der Waals surface area (Å²) in [6.07, 6.45) is 4.37. The molecule has 35 heavy (non-hydrogen) atoms. The number of hydrogen-bond acceptors (Lipinski definition) is 6. The van der Waals surface area contributed by atoms with E-state index in [4.69, 9.17) is 4.74 Å². The number of benzene rings is 1. The molecule has 5 rings (SSSR count). The van der Waals surface area contributed by atoms with Crippen molar-refractivity contribution in [3.8, 4) is 11.3 Å². The van der Waals surface area contributed by atoms with Gasteiger partial charge in [-0.3, -0.25) is 0 Å². The molecule has 0 bridgehead atoms. The highest BCUT2D eigenvalue weighted by Gasteiger charge is 2.24. The van der Waals surface area contributed by atoms with Crippen LogP contribution in [0.5, 0.6) is 0 Å². The second-order valence-electron chi connectivity index (χ2n) is 9.67. The summed E-state index contributed by atoms with van der Waals surface area (Å²) in [5.74, 6) is 0. The van der Waals surface area contributed by atoms with Gasteiger partial charge in [0.2, 0.25) is 0 Å². The van der Waals surface area contributed by atoms with Crippen LogP contribution in [0, 0.1) is 6.92 Å². The molecule has 1 aliphatic rings. The Morgan fingerprint density at radius 3 is 2.80 bits per heavy atom. The number of nitrogens with one attached hydrogen (secondary N) is 2. The number of anilines is 2. The lowest BCUT2D eigenvalue weighted by Gasteiger charge is -2.29.